The normalized spacial score (nSPS) is 10.5. The quantitative estimate of drug-likeness (QED) is 0.576. The monoisotopic (exact) mass is 377 g/mol. The highest BCUT2D eigenvalue weighted by Crippen LogP contribution is 2.25. The van der Waals surface area contributed by atoms with E-state index in [1.165, 1.54) is 11.1 Å². The fourth-order valence-electron chi connectivity index (χ4n) is 3.19. The minimum absolute atomic E-state index is 0.498. The maximum absolute atomic E-state index is 5.40. The molecule has 0 amide bonds. The van der Waals surface area contributed by atoms with E-state index in [9.17, 15) is 0 Å². The van der Waals surface area contributed by atoms with E-state index in [1.807, 2.05) is 18.2 Å². The Morgan fingerprint density at radius 1 is 0.929 bits per heavy atom. The summed E-state index contributed by atoms with van der Waals surface area (Å²) in [5.41, 5.74) is 4.73. The number of ether oxygens (including phenoxy) is 1. The number of nitrogens with one attached hydrogen (secondary N) is 2. The molecule has 0 saturated carbocycles. The third kappa shape index (κ3) is 4.76. The Kier molecular flexibility index (Phi) is 6.78. The summed E-state index contributed by atoms with van der Waals surface area (Å²) in [5.74, 6) is 2.09. The van der Waals surface area contributed by atoms with Crippen LogP contribution in [-0.2, 0) is 19.3 Å². The maximum atomic E-state index is 5.40. The molecule has 1 heterocycles. The fraction of sp³-hybridized carbons (Fsp3) is 0.318. The second-order valence-electron chi connectivity index (χ2n) is 6.44. The summed E-state index contributed by atoms with van der Waals surface area (Å²) in [5, 5.41) is 14.9. The molecule has 0 saturated heterocycles. The minimum Gasteiger partial charge on any atom is -0.496 e. The molecule has 6 nitrogen and oxygen atoms in total. The predicted molar refractivity (Wildman–Crippen MR) is 113 cm³/mol. The lowest BCUT2D eigenvalue weighted by Crippen LogP contribution is -2.10. The van der Waals surface area contributed by atoms with Crippen LogP contribution in [0.4, 0.5) is 17.5 Å². The van der Waals surface area contributed by atoms with E-state index < -0.39 is 0 Å². The van der Waals surface area contributed by atoms with Gasteiger partial charge in [0.05, 0.1) is 13.3 Å². The summed E-state index contributed by atoms with van der Waals surface area (Å²) in [6.07, 6.45) is 4.36. The second kappa shape index (κ2) is 9.69. The summed E-state index contributed by atoms with van der Waals surface area (Å²) in [6, 6.07) is 14.4. The van der Waals surface area contributed by atoms with Gasteiger partial charge in [0.1, 0.15) is 5.75 Å². The van der Waals surface area contributed by atoms with Gasteiger partial charge in [-0.05, 0) is 42.0 Å². The van der Waals surface area contributed by atoms with Gasteiger partial charge in [-0.15, -0.1) is 5.10 Å². The molecule has 0 aliphatic rings. The van der Waals surface area contributed by atoms with Crippen LogP contribution >= 0.6 is 0 Å². The molecular formula is C22H27N5O. The molecule has 28 heavy (non-hydrogen) atoms. The summed E-state index contributed by atoms with van der Waals surface area (Å²) in [6.45, 7) is 5.02. The largest absolute Gasteiger partial charge is 0.496 e. The standard InChI is InChI=1S/C22H27N5O/c1-4-16-10-8-11-17(5-2)21(16)26-22-25-20(15-24-27-22)23-14-13-18-9-6-7-12-19(18)28-3/h6-12,15H,4-5,13-14H2,1-3H3,(H2,23,25,26,27). The van der Waals surface area contributed by atoms with Crippen molar-refractivity contribution in [2.45, 2.75) is 33.1 Å². The highest BCUT2D eigenvalue weighted by Gasteiger charge is 2.09. The first-order chi connectivity index (χ1) is 13.7. The van der Waals surface area contributed by atoms with Gasteiger partial charge < -0.3 is 15.4 Å². The van der Waals surface area contributed by atoms with Gasteiger partial charge in [0.2, 0.25) is 5.95 Å². The molecule has 0 fully saturated rings. The zero-order chi connectivity index (χ0) is 19.8. The van der Waals surface area contributed by atoms with E-state index in [-0.39, 0.29) is 0 Å². The summed E-state index contributed by atoms with van der Waals surface area (Å²) >= 11 is 0. The molecule has 1 aromatic heterocycles. The Labute approximate surface area is 166 Å². The first kappa shape index (κ1) is 19.6. The number of anilines is 3. The molecule has 6 heteroatoms. The van der Waals surface area contributed by atoms with Crippen LogP contribution in [0.2, 0.25) is 0 Å². The van der Waals surface area contributed by atoms with Gasteiger partial charge in [0.15, 0.2) is 5.82 Å². The van der Waals surface area contributed by atoms with Crippen molar-refractivity contribution in [2.75, 3.05) is 24.3 Å². The number of hydrogen-bond acceptors (Lipinski definition) is 6. The highest BCUT2D eigenvalue weighted by atomic mass is 16.5. The van der Waals surface area contributed by atoms with E-state index >= 15 is 0 Å². The minimum atomic E-state index is 0.498. The Morgan fingerprint density at radius 2 is 1.64 bits per heavy atom. The molecule has 146 valence electrons. The van der Waals surface area contributed by atoms with Crippen LogP contribution in [0.5, 0.6) is 5.75 Å². The van der Waals surface area contributed by atoms with Crippen LogP contribution in [0, 0.1) is 0 Å². The molecule has 3 aromatic rings. The smallest absolute Gasteiger partial charge is 0.249 e. The van der Waals surface area contributed by atoms with Crippen molar-refractivity contribution in [1.82, 2.24) is 15.2 Å². The topological polar surface area (TPSA) is 72.0 Å². The lowest BCUT2D eigenvalue weighted by Gasteiger charge is -2.14. The first-order valence-corrected chi connectivity index (χ1v) is 9.68. The van der Waals surface area contributed by atoms with E-state index in [0.717, 1.165) is 42.8 Å². The Morgan fingerprint density at radius 3 is 2.36 bits per heavy atom. The Bertz CT molecular complexity index is 891. The number of aromatic nitrogens is 3. The lowest BCUT2D eigenvalue weighted by atomic mass is 10.0. The number of methoxy groups -OCH3 is 1. The number of para-hydroxylation sites is 2. The summed E-state index contributed by atoms with van der Waals surface area (Å²) in [4.78, 5) is 4.57. The van der Waals surface area contributed by atoms with E-state index in [4.69, 9.17) is 4.74 Å². The van der Waals surface area contributed by atoms with Gasteiger partial charge in [-0.1, -0.05) is 50.2 Å². The van der Waals surface area contributed by atoms with Crippen molar-refractivity contribution in [3.05, 3.63) is 65.4 Å². The molecule has 0 bridgehead atoms. The van der Waals surface area contributed by atoms with Crippen molar-refractivity contribution < 1.29 is 4.74 Å². The van der Waals surface area contributed by atoms with Crippen LogP contribution in [0.1, 0.15) is 30.5 Å². The molecule has 2 aromatic carbocycles. The van der Waals surface area contributed by atoms with Crippen molar-refractivity contribution in [2.24, 2.45) is 0 Å². The van der Waals surface area contributed by atoms with Crippen molar-refractivity contribution in [1.29, 1.82) is 0 Å². The predicted octanol–water partition coefficient (Wildman–Crippen LogP) is 4.40. The van der Waals surface area contributed by atoms with Gasteiger partial charge in [0, 0.05) is 12.2 Å². The third-order valence-electron chi connectivity index (χ3n) is 4.69. The first-order valence-electron chi connectivity index (χ1n) is 9.68. The molecule has 0 spiro atoms. The molecular weight excluding hydrogens is 350 g/mol. The van der Waals surface area contributed by atoms with E-state index in [1.54, 1.807) is 13.3 Å². The molecule has 2 N–H and O–H groups in total. The lowest BCUT2D eigenvalue weighted by molar-refractivity contribution is 0.410. The van der Waals surface area contributed by atoms with Crippen LogP contribution in [-0.4, -0.2) is 28.8 Å². The number of aryl methyl sites for hydroxylation is 2. The average molecular weight is 377 g/mol. The van der Waals surface area contributed by atoms with Gasteiger partial charge in [-0.3, -0.25) is 0 Å². The van der Waals surface area contributed by atoms with E-state index in [2.05, 4.69) is 63.9 Å². The number of rotatable bonds is 9. The molecule has 0 atom stereocenters. The fourth-order valence-corrected chi connectivity index (χ4v) is 3.19. The van der Waals surface area contributed by atoms with Crippen LogP contribution < -0.4 is 15.4 Å². The van der Waals surface area contributed by atoms with Gasteiger partial charge >= 0.3 is 0 Å². The molecule has 0 unspecified atom stereocenters. The van der Waals surface area contributed by atoms with Crippen molar-refractivity contribution in [3.63, 3.8) is 0 Å². The number of nitrogens with zero attached hydrogens (tertiary/aromatic N) is 3. The van der Waals surface area contributed by atoms with Crippen molar-refractivity contribution in [3.8, 4) is 5.75 Å². The van der Waals surface area contributed by atoms with Gasteiger partial charge in [-0.2, -0.15) is 10.1 Å². The highest BCUT2D eigenvalue weighted by molar-refractivity contribution is 5.64. The van der Waals surface area contributed by atoms with Crippen LogP contribution in [0.25, 0.3) is 0 Å². The summed E-state index contributed by atoms with van der Waals surface area (Å²) in [7, 11) is 1.69. The molecule has 0 aliphatic carbocycles. The third-order valence-corrected chi connectivity index (χ3v) is 4.69. The van der Waals surface area contributed by atoms with E-state index in [0.29, 0.717) is 11.8 Å². The number of benzene rings is 2. The van der Waals surface area contributed by atoms with Crippen molar-refractivity contribution >= 4 is 17.5 Å². The number of hydrogen-bond donors (Lipinski definition) is 2. The molecule has 0 radical (unpaired) electrons. The van der Waals surface area contributed by atoms with Gasteiger partial charge in [-0.25, -0.2) is 0 Å². The summed E-state index contributed by atoms with van der Waals surface area (Å²) < 4.78 is 5.40. The van der Waals surface area contributed by atoms with Crippen LogP contribution in [0.3, 0.4) is 0 Å². The zero-order valence-corrected chi connectivity index (χ0v) is 16.7. The maximum Gasteiger partial charge on any atom is 0.249 e. The average Bonchev–Trinajstić information content (AvgIpc) is 2.74. The molecule has 0 aliphatic heterocycles. The van der Waals surface area contributed by atoms with Crippen LogP contribution in [0.15, 0.2) is 48.7 Å². The van der Waals surface area contributed by atoms with Gasteiger partial charge in [0.25, 0.3) is 0 Å². The SMILES string of the molecule is CCc1cccc(CC)c1Nc1nncc(NCCc2ccccc2OC)n1. The Balaban J connectivity index is 1.68. The molecule has 3 rings (SSSR count). The zero-order valence-electron chi connectivity index (χ0n) is 16.7. The Hall–Kier alpha value is -3.15. The second-order valence-corrected chi connectivity index (χ2v) is 6.44.